The molecular formula is C21H22O. The van der Waals surface area contributed by atoms with E-state index in [1.165, 1.54) is 11.1 Å². The van der Waals surface area contributed by atoms with Gasteiger partial charge in [0.2, 0.25) is 0 Å². The third-order valence-electron chi connectivity index (χ3n) is 5.99. The van der Waals surface area contributed by atoms with Crippen LogP contribution in [0.1, 0.15) is 48.7 Å². The highest BCUT2D eigenvalue weighted by molar-refractivity contribution is 6.08. The van der Waals surface area contributed by atoms with Gasteiger partial charge in [-0.3, -0.25) is 4.79 Å². The smallest absolute Gasteiger partial charge is 0.170 e. The lowest BCUT2D eigenvalue weighted by Gasteiger charge is -2.35. The maximum Gasteiger partial charge on any atom is 0.170 e. The van der Waals surface area contributed by atoms with Crippen LogP contribution in [0.15, 0.2) is 54.6 Å². The van der Waals surface area contributed by atoms with Crippen LogP contribution in [0.2, 0.25) is 0 Å². The van der Waals surface area contributed by atoms with Gasteiger partial charge >= 0.3 is 0 Å². The van der Waals surface area contributed by atoms with Gasteiger partial charge in [0.15, 0.2) is 5.78 Å². The van der Waals surface area contributed by atoms with Crippen molar-refractivity contribution in [2.24, 2.45) is 10.8 Å². The van der Waals surface area contributed by atoms with Gasteiger partial charge in [0.1, 0.15) is 0 Å². The van der Waals surface area contributed by atoms with E-state index in [9.17, 15) is 4.79 Å². The molecule has 2 atom stereocenters. The minimum atomic E-state index is -0.226. The van der Waals surface area contributed by atoms with Crippen LogP contribution in [0.5, 0.6) is 0 Å². The number of hydrogen-bond donors (Lipinski definition) is 0. The van der Waals surface area contributed by atoms with Crippen LogP contribution in [-0.2, 0) is 11.8 Å². The molecule has 1 nitrogen and oxygen atoms in total. The average molecular weight is 290 g/mol. The largest absolute Gasteiger partial charge is 0.293 e. The topological polar surface area (TPSA) is 17.1 Å². The van der Waals surface area contributed by atoms with E-state index >= 15 is 0 Å². The summed E-state index contributed by atoms with van der Waals surface area (Å²) in [5, 5.41) is 0. The van der Waals surface area contributed by atoms with Crippen molar-refractivity contribution in [3.63, 3.8) is 0 Å². The fourth-order valence-electron chi connectivity index (χ4n) is 4.97. The molecule has 1 fully saturated rings. The molecule has 112 valence electrons. The Kier molecular flexibility index (Phi) is 2.56. The van der Waals surface area contributed by atoms with Crippen LogP contribution in [0.3, 0.4) is 0 Å². The molecule has 2 aliphatic carbocycles. The maximum absolute atomic E-state index is 13.2. The predicted molar refractivity (Wildman–Crippen MR) is 89.1 cm³/mol. The first-order valence-corrected chi connectivity index (χ1v) is 8.11. The Bertz CT molecular complexity index is 753. The highest BCUT2D eigenvalue weighted by atomic mass is 16.1. The average Bonchev–Trinajstić information content (AvgIpc) is 3.11. The normalized spacial score (nSPS) is 29.7. The van der Waals surface area contributed by atoms with Gasteiger partial charge < -0.3 is 0 Å². The molecule has 22 heavy (non-hydrogen) atoms. The first-order chi connectivity index (χ1) is 10.4. The zero-order valence-corrected chi connectivity index (χ0v) is 13.5. The summed E-state index contributed by atoms with van der Waals surface area (Å²) in [7, 11) is 0. The van der Waals surface area contributed by atoms with Crippen LogP contribution in [0, 0.1) is 10.8 Å². The Labute approximate surface area is 132 Å². The van der Waals surface area contributed by atoms with Crippen molar-refractivity contribution < 1.29 is 4.79 Å². The van der Waals surface area contributed by atoms with Crippen LogP contribution < -0.4 is 0 Å². The summed E-state index contributed by atoms with van der Waals surface area (Å²) in [5.74, 6) is 0.363. The molecule has 1 saturated carbocycles. The molecule has 0 bridgehead atoms. The second kappa shape index (κ2) is 4.10. The maximum atomic E-state index is 13.2. The van der Waals surface area contributed by atoms with Crippen molar-refractivity contribution >= 4 is 5.78 Å². The minimum absolute atomic E-state index is 0.0443. The molecule has 0 N–H and O–H groups in total. The van der Waals surface area contributed by atoms with E-state index in [2.05, 4.69) is 63.2 Å². The Morgan fingerprint density at radius 1 is 0.909 bits per heavy atom. The number of fused-ring (bicyclic) bond motifs is 1. The van der Waals surface area contributed by atoms with Gasteiger partial charge in [-0.1, -0.05) is 75.4 Å². The summed E-state index contributed by atoms with van der Waals surface area (Å²) in [6.07, 6.45) is 1.87. The Morgan fingerprint density at radius 2 is 1.55 bits per heavy atom. The number of carbonyl (C=O) groups excluding carboxylic acids is 1. The van der Waals surface area contributed by atoms with E-state index in [0.29, 0.717) is 5.78 Å². The van der Waals surface area contributed by atoms with Gasteiger partial charge in [0.05, 0.1) is 0 Å². The van der Waals surface area contributed by atoms with Gasteiger partial charge in [0, 0.05) is 16.4 Å². The van der Waals surface area contributed by atoms with Crippen LogP contribution >= 0.6 is 0 Å². The van der Waals surface area contributed by atoms with Gasteiger partial charge in [-0.15, -0.1) is 0 Å². The molecular weight excluding hydrogens is 268 g/mol. The number of benzene rings is 2. The number of hydrogen-bond acceptors (Lipinski definition) is 1. The molecule has 0 radical (unpaired) electrons. The van der Waals surface area contributed by atoms with Crippen molar-refractivity contribution in [1.29, 1.82) is 0 Å². The molecule has 2 aromatic rings. The lowest BCUT2D eigenvalue weighted by molar-refractivity contribution is 0.0864. The van der Waals surface area contributed by atoms with Gasteiger partial charge in [-0.2, -0.15) is 0 Å². The molecule has 0 saturated heterocycles. The first-order valence-electron chi connectivity index (χ1n) is 8.11. The summed E-state index contributed by atoms with van der Waals surface area (Å²) in [4.78, 5) is 13.2. The third kappa shape index (κ3) is 1.47. The lowest BCUT2D eigenvalue weighted by atomic mass is 9.67. The van der Waals surface area contributed by atoms with E-state index in [4.69, 9.17) is 0 Å². The molecule has 0 unspecified atom stereocenters. The minimum Gasteiger partial charge on any atom is -0.293 e. The second-order valence-corrected chi connectivity index (χ2v) is 7.94. The lowest BCUT2D eigenvalue weighted by Crippen LogP contribution is -2.35. The molecule has 1 spiro atoms. The molecule has 0 aliphatic heterocycles. The molecule has 2 aromatic carbocycles. The Hall–Kier alpha value is -1.89. The van der Waals surface area contributed by atoms with Crippen molar-refractivity contribution in [2.75, 3.05) is 0 Å². The number of rotatable bonds is 1. The summed E-state index contributed by atoms with van der Waals surface area (Å²) in [6, 6.07) is 18.8. The number of ketones is 1. The summed E-state index contributed by atoms with van der Waals surface area (Å²) >= 11 is 0. The van der Waals surface area contributed by atoms with Crippen molar-refractivity contribution in [3.05, 3.63) is 71.3 Å². The van der Waals surface area contributed by atoms with E-state index in [0.717, 1.165) is 18.4 Å². The summed E-state index contributed by atoms with van der Waals surface area (Å²) in [6.45, 7) is 6.85. The van der Waals surface area contributed by atoms with E-state index in [-0.39, 0.29) is 16.2 Å². The highest BCUT2D eigenvalue weighted by Gasteiger charge is 2.77. The molecule has 2 aliphatic rings. The summed E-state index contributed by atoms with van der Waals surface area (Å²) in [5.41, 5.74) is 3.29. The van der Waals surface area contributed by atoms with Crippen LogP contribution in [-0.4, -0.2) is 5.78 Å². The standard InChI is InChI=1S/C21H22O/c1-19(2,3)21(16-10-5-4-6-11-16)14-20(21)13-15-9-7-8-12-17(15)18(20)22/h4-12H,13-14H2,1-3H3/t20-,21+/m1/s1. The number of carbonyl (C=O) groups is 1. The zero-order valence-electron chi connectivity index (χ0n) is 13.5. The SMILES string of the molecule is CC(C)(C)[C@@]1(c2ccccc2)C[C@@]12Cc1ccccc1C2=O. The quantitative estimate of drug-likeness (QED) is 0.737. The monoisotopic (exact) mass is 290 g/mol. The van der Waals surface area contributed by atoms with Gasteiger partial charge in [-0.05, 0) is 29.4 Å². The second-order valence-electron chi connectivity index (χ2n) is 7.94. The Morgan fingerprint density at radius 3 is 2.18 bits per heavy atom. The van der Waals surface area contributed by atoms with Gasteiger partial charge in [-0.25, -0.2) is 0 Å². The predicted octanol–water partition coefficient (Wildman–Crippen LogP) is 4.80. The molecule has 1 heteroatoms. The van der Waals surface area contributed by atoms with Gasteiger partial charge in [0.25, 0.3) is 0 Å². The zero-order chi connectivity index (χ0) is 15.6. The van der Waals surface area contributed by atoms with Crippen LogP contribution in [0.25, 0.3) is 0 Å². The van der Waals surface area contributed by atoms with E-state index in [1.54, 1.807) is 0 Å². The van der Waals surface area contributed by atoms with Crippen LogP contribution in [0.4, 0.5) is 0 Å². The van der Waals surface area contributed by atoms with Crippen molar-refractivity contribution in [3.8, 4) is 0 Å². The Balaban J connectivity index is 1.88. The first kappa shape index (κ1) is 13.8. The molecule has 0 aromatic heterocycles. The molecule has 4 rings (SSSR count). The number of Topliss-reactive ketones (excluding diaryl/α,β-unsaturated/α-hetero) is 1. The summed E-state index contributed by atoms with van der Waals surface area (Å²) < 4.78 is 0. The third-order valence-corrected chi connectivity index (χ3v) is 5.99. The fraction of sp³-hybridized carbons (Fsp3) is 0.381. The van der Waals surface area contributed by atoms with E-state index < -0.39 is 0 Å². The fourth-order valence-corrected chi connectivity index (χ4v) is 4.97. The van der Waals surface area contributed by atoms with Crippen molar-refractivity contribution in [2.45, 2.75) is 39.0 Å². The van der Waals surface area contributed by atoms with E-state index in [1.807, 2.05) is 12.1 Å². The van der Waals surface area contributed by atoms with Crippen molar-refractivity contribution in [1.82, 2.24) is 0 Å². The molecule has 0 amide bonds. The molecule has 0 heterocycles. The highest BCUT2D eigenvalue weighted by Crippen LogP contribution is 2.76.